The molecule has 2 aliphatic carbocycles. The van der Waals surface area contributed by atoms with E-state index in [1.54, 1.807) is 18.3 Å². The summed E-state index contributed by atoms with van der Waals surface area (Å²) in [5.41, 5.74) is 5.60. The van der Waals surface area contributed by atoms with Crippen molar-refractivity contribution in [3.63, 3.8) is 0 Å². The number of rotatable bonds is 6. The van der Waals surface area contributed by atoms with Gasteiger partial charge in [-0.2, -0.15) is 0 Å². The van der Waals surface area contributed by atoms with E-state index in [1.807, 2.05) is 18.2 Å². The van der Waals surface area contributed by atoms with Crippen LogP contribution in [-0.4, -0.2) is 17.7 Å². The van der Waals surface area contributed by atoms with Gasteiger partial charge in [0.2, 0.25) is 0 Å². The zero-order chi connectivity index (χ0) is 23.2. The van der Waals surface area contributed by atoms with E-state index >= 15 is 0 Å². The topological polar surface area (TPSA) is 46.2 Å². The van der Waals surface area contributed by atoms with Gasteiger partial charge in [0, 0.05) is 18.4 Å². The highest BCUT2D eigenvalue weighted by molar-refractivity contribution is 9.12. The summed E-state index contributed by atoms with van der Waals surface area (Å²) in [6.07, 6.45) is 4.65. The second kappa shape index (κ2) is 9.12. The smallest absolute Gasteiger partial charge is 0.253 e. The number of halogens is 2. The Morgan fingerprint density at radius 2 is 1.58 bits per heavy atom. The average Bonchev–Trinajstić information content (AvgIpc) is 3.02. The maximum atomic E-state index is 13.2. The molecule has 2 saturated carbocycles. The Balaban J connectivity index is 1.26. The number of carbonyl (C=O) groups is 2. The first kappa shape index (κ1) is 23.0. The predicted molar refractivity (Wildman–Crippen MR) is 141 cm³/mol. The normalized spacial score (nSPS) is 23.6. The van der Waals surface area contributed by atoms with Crippen molar-refractivity contribution in [1.82, 2.24) is 5.32 Å². The van der Waals surface area contributed by atoms with Crippen molar-refractivity contribution in [3.8, 4) is 11.1 Å². The van der Waals surface area contributed by atoms with Crippen molar-refractivity contribution in [2.75, 3.05) is 0 Å². The largest absolute Gasteiger partial charge is 0.349 e. The molecule has 2 aromatic carbocycles. The van der Waals surface area contributed by atoms with Crippen LogP contribution in [0.25, 0.3) is 11.1 Å². The van der Waals surface area contributed by atoms with Gasteiger partial charge in [-0.1, -0.05) is 54.6 Å². The lowest BCUT2D eigenvalue weighted by Gasteiger charge is -2.57. The van der Waals surface area contributed by atoms with Gasteiger partial charge in [0.15, 0.2) is 0 Å². The van der Waals surface area contributed by atoms with Gasteiger partial charge in [0.05, 0.1) is 13.1 Å². The summed E-state index contributed by atoms with van der Waals surface area (Å²) in [6, 6.07) is 19.1. The molecule has 5 rings (SSSR count). The monoisotopic (exact) mass is 585 g/mol. The first-order valence-electron chi connectivity index (χ1n) is 11.3. The first-order valence-corrected chi connectivity index (χ1v) is 13.7. The summed E-state index contributed by atoms with van der Waals surface area (Å²) in [4.78, 5) is 24.8. The van der Waals surface area contributed by atoms with Crippen LogP contribution in [0.3, 0.4) is 0 Å². The summed E-state index contributed by atoms with van der Waals surface area (Å²) in [5, 5.41) is 3.24. The molecular formula is C27H25Br2NO2S. The molecule has 0 bridgehead atoms. The van der Waals surface area contributed by atoms with Crippen molar-refractivity contribution in [1.29, 1.82) is 0 Å². The molecule has 170 valence electrons. The molecular weight excluding hydrogens is 562 g/mol. The first-order chi connectivity index (χ1) is 15.8. The number of amides is 1. The van der Waals surface area contributed by atoms with Crippen LogP contribution >= 0.6 is 43.2 Å². The Morgan fingerprint density at radius 1 is 0.939 bits per heavy atom. The Bertz CT molecular complexity index is 1190. The summed E-state index contributed by atoms with van der Waals surface area (Å²) in [5.74, 6) is 0.534. The fraction of sp³-hybridized carbons (Fsp3) is 0.333. The van der Waals surface area contributed by atoms with E-state index in [0.717, 1.165) is 44.4 Å². The molecule has 1 N–H and O–H groups in total. The van der Waals surface area contributed by atoms with Crippen LogP contribution in [0.5, 0.6) is 0 Å². The van der Waals surface area contributed by atoms with Crippen LogP contribution < -0.4 is 5.32 Å². The number of ketones is 1. The van der Waals surface area contributed by atoms with Gasteiger partial charge in [-0.05, 0) is 92.1 Å². The van der Waals surface area contributed by atoms with Crippen molar-refractivity contribution in [2.45, 2.75) is 45.1 Å². The minimum atomic E-state index is -0.0120. The number of hydrogen-bond donors (Lipinski definition) is 1. The van der Waals surface area contributed by atoms with E-state index < -0.39 is 0 Å². The quantitative estimate of drug-likeness (QED) is 0.327. The SMILES string of the molecule is CC(=O)C1CC2(CC(NC(=O)c3c(Br)sc(Br)c3Cc3ccc(-c4ccccc4)cc3)C2)C1. The van der Waals surface area contributed by atoms with Crippen molar-refractivity contribution >= 4 is 54.9 Å². The van der Waals surface area contributed by atoms with Crippen LogP contribution in [-0.2, 0) is 11.2 Å². The lowest BCUT2D eigenvalue weighted by atomic mass is 9.49. The van der Waals surface area contributed by atoms with Crippen LogP contribution in [0.2, 0.25) is 0 Å². The van der Waals surface area contributed by atoms with Gasteiger partial charge < -0.3 is 5.32 Å². The van der Waals surface area contributed by atoms with Gasteiger partial charge in [-0.25, -0.2) is 0 Å². The van der Waals surface area contributed by atoms with Gasteiger partial charge in [-0.15, -0.1) is 11.3 Å². The number of hydrogen-bond acceptors (Lipinski definition) is 3. The van der Waals surface area contributed by atoms with Crippen LogP contribution in [0.15, 0.2) is 62.2 Å². The molecule has 3 nitrogen and oxygen atoms in total. The fourth-order valence-corrected chi connectivity index (χ4v) is 8.55. The minimum Gasteiger partial charge on any atom is -0.349 e. The number of benzene rings is 2. The second-order valence-electron chi connectivity index (χ2n) is 9.54. The highest BCUT2D eigenvalue weighted by Crippen LogP contribution is 2.59. The lowest BCUT2D eigenvalue weighted by Crippen LogP contribution is -2.57. The van der Waals surface area contributed by atoms with Gasteiger partial charge >= 0.3 is 0 Å². The van der Waals surface area contributed by atoms with Crippen molar-refractivity contribution < 1.29 is 9.59 Å². The molecule has 1 spiro atoms. The zero-order valence-corrected chi connectivity index (χ0v) is 22.4. The highest BCUT2D eigenvalue weighted by atomic mass is 79.9. The van der Waals surface area contributed by atoms with Crippen molar-refractivity contribution in [2.24, 2.45) is 11.3 Å². The minimum absolute atomic E-state index is 0.0120. The summed E-state index contributed by atoms with van der Waals surface area (Å²) >= 11 is 8.84. The maximum Gasteiger partial charge on any atom is 0.253 e. The number of carbonyl (C=O) groups excluding carboxylic acids is 2. The fourth-order valence-electron chi connectivity index (χ4n) is 5.39. The molecule has 2 aliphatic rings. The molecule has 3 aromatic rings. The third kappa shape index (κ3) is 4.62. The Labute approximate surface area is 215 Å². The van der Waals surface area contributed by atoms with Gasteiger partial charge in [-0.3, -0.25) is 9.59 Å². The summed E-state index contributed by atoms with van der Waals surface area (Å²) < 4.78 is 1.84. The molecule has 1 aromatic heterocycles. The second-order valence-corrected chi connectivity index (χ2v) is 13.2. The highest BCUT2D eigenvalue weighted by Gasteiger charge is 2.54. The van der Waals surface area contributed by atoms with Crippen LogP contribution in [0.4, 0.5) is 0 Å². The van der Waals surface area contributed by atoms with E-state index in [1.165, 1.54) is 16.7 Å². The van der Waals surface area contributed by atoms with E-state index in [9.17, 15) is 9.59 Å². The third-order valence-electron chi connectivity index (χ3n) is 7.21. The van der Waals surface area contributed by atoms with Gasteiger partial charge in [0.25, 0.3) is 5.91 Å². The Kier molecular flexibility index (Phi) is 6.36. The molecule has 0 atom stereocenters. The molecule has 6 heteroatoms. The van der Waals surface area contributed by atoms with E-state index in [4.69, 9.17) is 0 Å². The average molecular weight is 587 g/mol. The molecule has 0 saturated heterocycles. The zero-order valence-electron chi connectivity index (χ0n) is 18.4. The molecule has 33 heavy (non-hydrogen) atoms. The van der Waals surface area contributed by atoms with E-state index in [2.05, 4.69) is 73.6 Å². The molecule has 0 unspecified atom stereocenters. The lowest BCUT2D eigenvalue weighted by molar-refractivity contribution is -0.134. The Hall–Kier alpha value is -1.76. The molecule has 0 radical (unpaired) electrons. The van der Waals surface area contributed by atoms with Crippen LogP contribution in [0, 0.1) is 11.3 Å². The maximum absolute atomic E-state index is 13.2. The number of nitrogens with one attached hydrogen (secondary N) is 1. The summed E-state index contributed by atoms with van der Waals surface area (Å²) in [7, 11) is 0. The van der Waals surface area contributed by atoms with Crippen LogP contribution in [0.1, 0.15) is 54.1 Å². The molecule has 1 amide bonds. The number of Topliss-reactive ketones (excluding diaryl/α,β-unsaturated/α-hetero) is 1. The molecule has 0 aliphatic heterocycles. The standard InChI is InChI=1S/C27H25Br2NO2S/c1-16(31)20-12-27(13-20)14-21(15-27)30-26(32)23-22(24(28)33-25(23)29)11-17-7-9-19(10-8-17)18-5-3-2-4-6-18/h2-10,20-21H,11-15H2,1H3,(H,30,32). The van der Waals surface area contributed by atoms with E-state index in [-0.39, 0.29) is 17.9 Å². The predicted octanol–water partition coefficient (Wildman–Crippen LogP) is 7.41. The third-order valence-corrected chi connectivity index (χ3v) is 9.87. The van der Waals surface area contributed by atoms with Gasteiger partial charge in [0.1, 0.15) is 5.78 Å². The van der Waals surface area contributed by atoms with Crippen molar-refractivity contribution in [3.05, 3.63) is 78.9 Å². The Morgan fingerprint density at radius 3 is 2.21 bits per heavy atom. The number of thiophene rings is 1. The molecule has 2 fully saturated rings. The van der Waals surface area contributed by atoms with E-state index in [0.29, 0.717) is 17.6 Å². The summed E-state index contributed by atoms with van der Waals surface area (Å²) in [6.45, 7) is 1.69. The molecule has 1 heterocycles.